The number of para-hydroxylation sites is 1. The first-order chi connectivity index (χ1) is 12.9. The van der Waals surface area contributed by atoms with Gasteiger partial charge in [0.15, 0.2) is 0 Å². The molecule has 1 aromatic carbocycles. The number of carbonyl (C=O) groups excluding carboxylic acids is 1. The zero-order valence-electron chi connectivity index (χ0n) is 15.5. The first-order valence-corrected chi connectivity index (χ1v) is 8.85. The molecule has 0 spiro atoms. The summed E-state index contributed by atoms with van der Waals surface area (Å²) in [7, 11) is 0. The maximum atomic E-state index is 13.0. The molecule has 27 heavy (non-hydrogen) atoms. The van der Waals surface area contributed by atoms with Gasteiger partial charge in [-0.25, -0.2) is 4.79 Å². The third-order valence-corrected chi connectivity index (χ3v) is 4.48. The Bertz CT molecular complexity index is 1080. The van der Waals surface area contributed by atoms with E-state index in [9.17, 15) is 14.4 Å². The SMILES string of the molecule is CC(C)n1c(=O)c2ccccc2n(C(C)C(=O)NCc2ccccn2)c1=O. The molecule has 0 aliphatic rings. The standard InChI is InChI=1S/C20H22N4O3/c1-13(2)23-19(26)16-9-4-5-10-17(16)24(20(23)27)14(3)18(25)22-12-15-8-6-7-11-21-15/h4-11,13-14H,12H2,1-3H3,(H,22,25). The quantitative estimate of drug-likeness (QED) is 0.748. The molecule has 0 radical (unpaired) electrons. The summed E-state index contributed by atoms with van der Waals surface area (Å²) in [6, 6.07) is 11.2. The van der Waals surface area contributed by atoms with Crippen molar-refractivity contribution in [3.05, 3.63) is 75.2 Å². The van der Waals surface area contributed by atoms with Gasteiger partial charge in [0.25, 0.3) is 5.56 Å². The number of hydrogen-bond donors (Lipinski definition) is 1. The number of aromatic nitrogens is 3. The first-order valence-electron chi connectivity index (χ1n) is 8.85. The molecule has 3 rings (SSSR count). The molecule has 1 unspecified atom stereocenters. The van der Waals surface area contributed by atoms with E-state index in [4.69, 9.17) is 0 Å². The van der Waals surface area contributed by atoms with E-state index in [0.717, 1.165) is 5.69 Å². The van der Waals surface area contributed by atoms with Gasteiger partial charge in [0, 0.05) is 12.2 Å². The molecule has 1 atom stereocenters. The van der Waals surface area contributed by atoms with Crippen molar-refractivity contribution in [3.8, 4) is 0 Å². The number of rotatable bonds is 5. The summed E-state index contributed by atoms with van der Waals surface area (Å²) in [5, 5.41) is 3.22. The van der Waals surface area contributed by atoms with Gasteiger partial charge in [-0.15, -0.1) is 0 Å². The first kappa shape index (κ1) is 18.6. The fourth-order valence-corrected chi connectivity index (χ4v) is 3.08. The second-order valence-electron chi connectivity index (χ2n) is 6.65. The Morgan fingerprint density at radius 3 is 2.41 bits per heavy atom. The van der Waals surface area contributed by atoms with E-state index in [1.54, 1.807) is 57.3 Å². The second kappa shape index (κ2) is 7.57. The molecule has 3 aromatic rings. The Balaban J connectivity index is 2.03. The Morgan fingerprint density at radius 2 is 1.74 bits per heavy atom. The maximum absolute atomic E-state index is 13.0. The minimum absolute atomic E-state index is 0.264. The van der Waals surface area contributed by atoms with Gasteiger partial charge >= 0.3 is 5.69 Å². The van der Waals surface area contributed by atoms with Crippen LogP contribution < -0.4 is 16.6 Å². The molecule has 1 amide bonds. The van der Waals surface area contributed by atoms with Gasteiger partial charge in [-0.2, -0.15) is 0 Å². The Morgan fingerprint density at radius 1 is 1.04 bits per heavy atom. The highest BCUT2D eigenvalue weighted by molar-refractivity contribution is 5.84. The average Bonchev–Trinajstić information content (AvgIpc) is 2.66. The molecular weight excluding hydrogens is 344 g/mol. The van der Waals surface area contributed by atoms with Crippen molar-refractivity contribution in [2.24, 2.45) is 0 Å². The van der Waals surface area contributed by atoms with Crippen LogP contribution in [0.4, 0.5) is 0 Å². The number of pyridine rings is 1. The van der Waals surface area contributed by atoms with E-state index in [1.165, 1.54) is 9.13 Å². The van der Waals surface area contributed by atoms with Crippen molar-refractivity contribution in [1.29, 1.82) is 0 Å². The largest absolute Gasteiger partial charge is 0.349 e. The number of nitrogens with zero attached hydrogens (tertiary/aromatic N) is 3. The number of carbonyl (C=O) groups is 1. The summed E-state index contributed by atoms with van der Waals surface area (Å²) in [5.41, 5.74) is 0.337. The third kappa shape index (κ3) is 3.53. The monoisotopic (exact) mass is 366 g/mol. The molecule has 1 N–H and O–H groups in total. The van der Waals surface area contributed by atoms with Crippen LogP contribution in [-0.2, 0) is 11.3 Å². The van der Waals surface area contributed by atoms with Crippen LogP contribution in [0.5, 0.6) is 0 Å². The summed E-state index contributed by atoms with van der Waals surface area (Å²) in [6.07, 6.45) is 1.65. The molecule has 0 saturated heterocycles. The number of hydrogen-bond acceptors (Lipinski definition) is 4. The van der Waals surface area contributed by atoms with E-state index in [0.29, 0.717) is 10.9 Å². The van der Waals surface area contributed by atoms with E-state index in [-0.39, 0.29) is 24.1 Å². The predicted molar refractivity (Wildman–Crippen MR) is 104 cm³/mol. The molecule has 0 saturated carbocycles. The Hall–Kier alpha value is -3.22. The molecule has 2 heterocycles. The fourth-order valence-electron chi connectivity index (χ4n) is 3.08. The zero-order chi connectivity index (χ0) is 19.6. The molecule has 140 valence electrons. The van der Waals surface area contributed by atoms with E-state index in [2.05, 4.69) is 10.3 Å². The van der Waals surface area contributed by atoms with Crippen LogP contribution in [0, 0.1) is 0 Å². The lowest BCUT2D eigenvalue weighted by Crippen LogP contribution is -2.45. The van der Waals surface area contributed by atoms with Crippen LogP contribution in [0.25, 0.3) is 10.9 Å². The lowest BCUT2D eigenvalue weighted by Gasteiger charge is -2.20. The van der Waals surface area contributed by atoms with Gasteiger partial charge in [0.2, 0.25) is 5.91 Å². The lowest BCUT2D eigenvalue weighted by molar-refractivity contribution is -0.124. The maximum Gasteiger partial charge on any atom is 0.332 e. The highest BCUT2D eigenvalue weighted by Gasteiger charge is 2.22. The Labute approximate surface area is 156 Å². The van der Waals surface area contributed by atoms with Gasteiger partial charge < -0.3 is 5.32 Å². The molecule has 0 fully saturated rings. The van der Waals surface area contributed by atoms with Gasteiger partial charge in [0.1, 0.15) is 6.04 Å². The highest BCUT2D eigenvalue weighted by atomic mass is 16.2. The number of fused-ring (bicyclic) bond motifs is 1. The van der Waals surface area contributed by atoms with Crippen molar-refractivity contribution >= 4 is 16.8 Å². The van der Waals surface area contributed by atoms with Crippen LogP contribution in [0.1, 0.15) is 38.5 Å². The molecule has 2 aromatic heterocycles. The van der Waals surface area contributed by atoms with Gasteiger partial charge in [-0.05, 0) is 45.0 Å². The number of nitrogens with one attached hydrogen (secondary N) is 1. The van der Waals surface area contributed by atoms with Gasteiger partial charge in [-0.1, -0.05) is 18.2 Å². The van der Waals surface area contributed by atoms with Crippen LogP contribution in [0.15, 0.2) is 58.3 Å². The van der Waals surface area contributed by atoms with E-state index in [1.807, 2.05) is 12.1 Å². The molecule has 7 nitrogen and oxygen atoms in total. The predicted octanol–water partition coefficient (Wildman–Crippen LogP) is 2.02. The molecular formula is C20H22N4O3. The van der Waals surface area contributed by atoms with E-state index < -0.39 is 11.7 Å². The highest BCUT2D eigenvalue weighted by Crippen LogP contribution is 2.14. The summed E-state index contributed by atoms with van der Waals surface area (Å²) in [6.45, 7) is 5.46. The van der Waals surface area contributed by atoms with Crippen molar-refractivity contribution in [2.45, 2.75) is 39.4 Å². The summed E-state index contributed by atoms with van der Waals surface area (Å²) >= 11 is 0. The smallest absolute Gasteiger partial charge is 0.332 e. The lowest BCUT2D eigenvalue weighted by atomic mass is 10.2. The number of benzene rings is 1. The Kier molecular flexibility index (Phi) is 5.21. The topological polar surface area (TPSA) is 86.0 Å². The van der Waals surface area contributed by atoms with Crippen molar-refractivity contribution < 1.29 is 4.79 Å². The summed E-state index contributed by atoms with van der Waals surface area (Å²) in [5.74, 6) is -0.318. The summed E-state index contributed by atoms with van der Waals surface area (Å²) < 4.78 is 2.56. The fraction of sp³-hybridized carbons (Fsp3) is 0.300. The normalized spacial score (nSPS) is 12.3. The zero-order valence-corrected chi connectivity index (χ0v) is 15.5. The van der Waals surface area contributed by atoms with Crippen LogP contribution >= 0.6 is 0 Å². The van der Waals surface area contributed by atoms with Crippen LogP contribution in [0.2, 0.25) is 0 Å². The molecule has 0 aliphatic carbocycles. The van der Waals surface area contributed by atoms with Crippen molar-refractivity contribution in [3.63, 3.8) is 0 Å². The molecule has 7 heteroatoms. The van der Waals surface area contributed by atoms with Crippen molar-refractivity contribution in [1.82, 2.24) is 19.4 Å². The average molecular weight is 366 g/mol. The van der Waals surface area contributed by atoms with Gasteiger partial charge in [0.05, 0.1) is 23.1 Å². The second-order valence-corrected chi connectivity index (χ2v) is 6.65. The third-order valence-electron chi connectivity index (χ3n) is 4.48. The van der Waals surface area contributed by atoms with E-state index >= 15 is 0 Å². The molecule has 0 bridgehead atoms. The molecule has 0 aliphatic heterocycles. The number of amides is 1. The minimum Gasteiger partial charge on any atom is -0.349 e. The summed E-state index contributed by atoms with van der Waals surface area (Å²) in [4.78, 5) is 42.5. The van der Waals surface area contributed by atoms with Gasteiger partial charge in [-0.3, -0.25) is 23.7 Å². The minimum atomic E-state index is -0.781. The van der Waals surface area contributed by atoms with Crippen LogP contribution in [0.3, 0.4) is 0 Å². The van der Waals surface area contributed by atoms with Crippen molar-refractivity contribution in [2.75, 3.05) is 0 Å². The van der Waals surface area contributed by atoms with Crippen LogP contribution in [-0.4, -0.2) is 20.0 Å².